The second-order valence-corrected chi connectivity index (χ2v) is 2.25. The van der Waals surface area contributed by atoms with Crippen molar-refractivity contribution in [3.05, 3.63) is 29.0 Å². The molecule has 1 heterocycles. The lowest BCUT2D eigenvalue weighted by Gasteiger charge is -1.97. The zero-order valence-corrected chi connectivity index (χ0v) is 6.10. The van der Waals surface area contributed by atoms with E-state index in [2.05, 4.69) is 10.4 Å². The van der Waals surface area contributed by atoms with Gasteiger partial charge >= 0.3 is 0 Å². The minimum atomic E-state index is 0.493. The summed E-state index contributed by atoms with van der Waals surface area (Å²) in [5.74, 6) is 5.10. The molecule has 3 nitrogen and oxygen atoms in total. The van der Waals surface area contributed by atoms with Gasteiger partial charge in [-0.3, -0.25) is 11.3 Å². The Labute approximate surface area is 64.2 Å². The normalized spacial score (nSPS) is 9.80. The number of pyridine rings is 1. The van der Waals surface area contributed by atoms with Crippen LogP contribution in [0.5, 0.6) is 0 Å². The minimum absolute atomic E-state index is 0.493. The van der Waals surface area contributed by atoms with Gasteiger partial charge in [-0.15, -0.1) is 0 Å². The molecule has 0 aliphatic carbocycles. The fourth-order valence-electron chi connectivity index (χ4n) is 0.670. The van der Waals surface area contributed by atoms with Gasteiger partial charge in [-0.05, 0) is 17.7 Å². The molecule has 0 aliphatic rings. The molecule has 10 heavy (non-hydrogen) atoms. The SMILES string of the molecule is NNCc1ccnc(Cl)c1. The van der Waals surface area contributed by atoms with Crippen molar-refractivity contribution in [2.45, 2.75) is 6.54 Å². The Morgan fingerprint density at radius 2 is 2.50 bits per heavy atom. The molecule has 0 aromatic carbocycles. The summed E-state index contributed by atoms with van der Waals surface area (Å²) in [5.41, 5.74) is 3.55. The van der Waals surface area contributed by atoms with Gasteiger partial charge in [-0.1, -0.05) is 11.6 Å². The van der Waals surface area contributed by atoms with Crippen LogP contribution < -0.4 is 11.3 Å². The predicted molar refractivity (Wildman–Crippen MR) is 40.3 cm³/mol. The van der Waals surface area contributed by atoms with Crippen LogP contribution in [0.3, 0.4) is 0 Å². The van der Waals surface area contributed by atoms with Gasteiger partial charge in [0.2, 0.25) is 0 Å². The van der Waals surface area contributed by atoms with Crippen molar-refractivity contribution in [1.29, 1.82) is 0 Å². The van der Waals surface area contributed by atoms with Crippen LogP contribution >= 0.6 is 11.6 Å². The molecule has 3 N–H and O–H groups in total. The lowest BCUT2D eigenvalue weighted by Crippen LogP contribution is -2.20. The molecule has 54 valence electrons. The van der Waals surface area contributed by atoms with Crippen molar-refractivity contribution in [3.8, 4) is 0 Å². The third-order valence-electron chi connectivity index (χ3n) is 1.10. The van der Waals surface area contributed by atoms with Crippen LogP contribution in [0.2, 0.25) is 5.15 Å². The van der Waals surface area contributed by atoms with E-state index in [1.54, 1.807) is 12.3 Å². The molecular formula is C6H8ClN3. The number of rotatable bonds is 2. The predicted octanol–water partition coefficient (Wildman–Crippen LogP) is 0.698. The molecule has 1 aromatic heterocycles. The summed E-state index contributed by atoms with van der Waals surface area (Å²) in [4.78, 5) is 3.82. The number of aromatic nitrogens is 1. The number of nitrogens with two attached hydrogens (primary N) is 1. The molecule has 0 spiro atoms. The van der Waals surface area contributed by atoms with Crippen LogP contribution in [0.15, 0.2) is 18.3 Å². The highest BCUT2D eigenvalue weighted by Crippen LogP contribution is 2.05. The molecule has 4 heteroatoms. The first kappa shape index (κ1) is 7.47. The van der Waals surface area contributed by atoms with Crippen molar-refractivity contribution in [3.63, 3.8) is 0 Å². The standard InChI is InChI=1S/C6H8ClN3/c7-6-3-5(4-10-8)1-2-9-6/h1-3,10H,4,8H2. The van der Waals surface area contributed by atoms with Crippen molar-refractivity contribution < 1.29 is 0 Å². The van der Waals surface area contributed by atoms with E-state index in [0.29, 0.717) is 11.7 Å². The van der Waals surface area contributed by atoms with Crippen molar-refractivity contribution in [2.75, 3.05) is 0 Å². The Hall–Kier alpha value is -0.640. The first-order valence-corrected chi connectivity index (χ1v) is 3.24. The molecule has 0 radical (unpaired) electrons. The van der Waals surface area contributed by atoms with Gasteiger partial charge < -0.3 is 0 Å². The molecule has 0 fully saturated rings. The van der Waals surface area contributed by atoms with Crippen LogP contribution in [-0.2, 0) is 6.54 Å². The summed E-state index contributed by atoms with van der Waals surface area (Å²) < 4.78 is 0. The Morgan fingerprint density at radius 3 is 3.10 bits per heavy atom. The van der Waals surface area contributed by atoms with E-state index in [1.165, 1.54) is 0 Å². The fraction of sp³-hybridized carbons (Fsp3) is 0.167. The first-order valence-electron chi connectivity index (χ1n) is 2.87. The van der Waals surface area contributed by atoms with Crippen LogP contribution in [0.1, 0.15) is 5.56 Å². The van der Waals surface area contributed by atoms with Crippen LogP contribution in [0, 0.1) is 0 Å². The molecule has 0 unspecified atom stereocenters. The van der Waals surface area contributed by atoms with Crippen molar-refractivity contribution in [2.24, 2.45) is 5.84 Å². The van der Waals surface area contributed by atoms with E-state index in [4.69, 9.17) is 17.4 Å². The summed E-state index contributed by atoms with van der Waals surface area (Å²) in [5, 5.41) is 0.493. The second kappa shape index (κ2) is 3.51. The summed E-state index contributed by atoms with van der Waals surface area (Å²) in [6, 6.07) is 3.62. The number of hydrazine groups is 1. The van der Waals surface area contributed by atoms with Crippen molar-refractivity contribution >= 4 is 11.6 Å². The molecule has 0 bridgehead atoms. The second-order valence-electron chi connectivity index (χ2n) is 1.87. The summed E-state index contributed by atoms with van der Waals surface area (Å²) >= 11 is 5.60. The monoisotopic (exact) mass is 157 g/mol. The summed E-state index contributed by atoms with van der Waals surface area (Å²) in [7, 11) is 0. The molecule has 0 aliphatic heterocycles. The Kier molecular flexibility index (Phi) is 2.62. The molecule has 0 atom stereocenters. The van der Waals surface area contributed by atoms with Gasteiger partial charge in [0.1, 0.15) is 5.15 Å². The molecule has 1 rings (SSSR count). The Morgan fingerprint density at radius 1 is 1.70 bits per heavy atom. The maximum absolute atomic E-state index is 5.60. The zero-order valence-electron chi connectivity index (χ0n) is 5.34. The van der Waals surface area contributed by atoms with E-state index in [9.17, 15) is 0 Å². The quantitative estimate of drug-likeness (QED) is 0.378. The molecular weight excluding hydrogens is 150 g/mol. The van der Waals surface area contributed by atoms with Gasteiger partial charge in [-0.2, -0.15) is 0 Å². The van der Waals surface area contributed by atoms with Crippen LogP contribution in [-0.4, -0.2) is 4.98 Å². The third kappa shape index (κ3) is 1.95. The smallest absolute Gasteiger partial charge is 0.129 e. The maximum Gasteiger partial charge on any atom is 0.129 e. The lowest BCUT2D eigenvalue weighted by atomic mass is 10.3. The highest BCUT2D eigenvalue weighted by atomic mass is 35.5. The average molecular weight is 158 g/mol. The van der Waals surface area contributed by atoms with Crippen LogP contribution in [0.4, 0.5) is 0 Å². The van der Waals surface area contributed by atoms with E-state index < -0.39 is 0 Å². The minimum Gasteiger partial charge on any atom is -0.271 e. The number of hydrogen-bond acceptors (Lipinski definition) is 3. The molecule has 0 saturated heterocycles. The van der Waals surface area contributed by atoms with Gasteiger partial charge in [-0.25, -0.2) is 4.98 Å². The molecule has 0 saturated carbocycles. The largest absolute Gasteiger partial charge is 0.271 e. The summed E-state index contributed by atoms with van der Waals surface area (Å²) in [6.07, 6.45) is 1.65. The first-order chi connectivity index (χ1) is 4.83. The Bertz CT molecular complexity index is 214. The average Bonchev–Trinajstić information content (AvgIpc) is 1.88. The van der Waals surface area contributed by atoms with Crippen molar-refractivity contribution in [1.82, 2.24) is 10.4 Å². The van der Waals surface area contributed by atoms with Gasteiger partial charge in [0.15, 0.2) is 0 Å². The van der Waals surface area contributed by atoms with E-state index in [0.717, 1.165) is 5.56 Å². The molecule has 1 aromatic rings. The highest BCUT2D eigenvalue weighted by molar-refractivity contribution is 6.29. The topological polar surface area (TPSA) is 50.9 Å². The van der Waals surface area contributed by atoms with E-state index in [1.807, 2.05) is 6.07 Å². The molecule has 0 amide bonds. The number of hydrogen-bond donors (Lipinski definition) is 2. The maximum atomic E-state index is 5.60. The number of nitrogens with one attached hydrogen (secondary N) is 1. The van der Waals surface area contributed by atoms with Gasteiger partial charge in [0, 0.05) is 12.7 Å². The number of nitrogens with zero attached hydrogens (tertiary/aromatic N) is 1. The van der Waals surface area contributed by atoms with E-state index in [-0.39, 0.29) is 0 Å². The lowest BCUT2D eigenvalue weighted by molar-refractivity contribution is 0.740. The Balaban J connectivity index is 2.75. The zero-order chi connectivity index (χ0) is 7.40. The third-order valence-corrected chi connectivity index (χ3v) is 1.30. The number of halogens is 1. The van der Waals surface area contributed by atoms with E-state index >= 15 is 0 Å². The summed E-state index contributed by atoms with van der Waals surface area (Å²) in [6.45, 7) is 0.613. The van der Waals surface area contributed by atoms with Gasteiger partial charge in [0.05, 0.1) is 0 Å². The van der Waals surface area contributed by atoms with Gasteiger partial charge in [0.25, 0.3) is 0 Å². The van der Waals surface area contributed by atoms with Crippen LogP contribution in [0.25, 0.3) is 0 Å². The fourth-order valence-corrected chi connectivity index (χ4v) is 0.867. The highest BCUT2D eigenvalue weighted by Gasteiger charge is 1.91.